The normalized spacial score (nSPS) is 18.7. The maximum atomic E-state index is 13.2. The molecule has 2 aromatic carbocycles. The summed E-state index contributed by atoms with van der Waals surface area (Å²) in [4.78, 5) is 18.2. The predicted octanol–water partition coefficient (Wildman–Crippen LogP) is 4.34. The number of nitriles is 2. The largest absolute Gasteiger partial charge is 0.384 e. The first-order chi connectivity index (χ1) is 15.1. The van der Waals surface area contributed by atoms with E-state index < -0.39 is 5.92 Å². The number of carbonyl (C=O) groups excluding carboxylic acids is 1. The Morgan fingerprint density at radius 2 is 1.84 bits per heavy atom. The van der Waals surface area contributed by atoms with E-state index in [0.717, 1.165) is 34.3 Å². The standard InChI is InChI=1S/C25H19N5O/c26-13-15-4-7-18(8-5-15)30-21-2-1-3-22(31)24(21)23(19(14-27)25(30)28)17-6-9-20-16(12-17)10-11-29-20/h4-12,23,29H,1-3,28H2. The van der Waals surface area contributed by atoms with E-state index in [9.17, 15) is 10.1 Å². The van der Waals surface area contributed by atoms with E-state index in [0.29, 0.717) is 35.4 Å². The Labute approximate surface area is 179 Å². The van der Waals surface area contributed by atoms with Gasteiger partial charge in [0.25, 0.3) is 0 Å². The maximum absolute atomic E-state index is 13.2. The van der Waals surface area contributed by atoms with Gasteiger partial charge in [0.2, 0.25) is 0 Å². The number of benzene rings is 2. The van der Waals surface area contributed by atoms with Crippen molar-refractivity contribution in [2.24, 2.45) is 5.73 Å². The highest BCUT2D eigenvalue weighted by molar-refractivity contribution is 6.01. The number of nitrogens with two attached hydrogens (primary N) is 1. The minimum Gasteiger partial charge on any atom is -0.384 e. The fourth-order valence-electron chi connectivity index (χ4n) is 4.65. The number of carbonyl (C=O) groups is 1. The second-order valence-electron chi connectivity index (χ2n) is 7.80. The molecule has 3 aromatic rings. The Hall–Kier alpha value is -4.29. The highest BCUT2D eigenvalue weighted by atomic mass is 16.1. The lowest BCUT2D eigenvalue weighted by Crippen LogP contribution is -2.38. The summed E-state index contributed by atoms with van der Waals surface area (Å²) in [6.07, 6.45) is 3.77. The molecule has 5 rings (SSSR count). The molecule has 6 heteroatoms. The van der Waals surface area contributed by atoms with E-state index in [2.05, 4.69) is 17.1 Å². The van der Waals surface area contributed by atoms with Gasteiger partial charge in [-0.25, -0.2) is 0 Å². The van der Waals surface area contributed by atoms with Crippen LogP contribution in [0.2, 0.25) is 0 Å². The van der Waals surface area contributed by atoms with Gasteiger partial charge in [-0.2, -0.15) is 10.5 Å². The molecule has 1 aliphatic carbocycles. The van der Waals surface area contributed by atoms with Crippen molar-refractivity contribution in [3.05, 3.63) is 88.5 Å². The van der Waals surface area contributed by atoms with Crippen LogP contribution in [0.25, 0.3) is 10.9 Å². The van der Waals surface area contributed by atoms with Crippen LogP contribution in [0, 0.1) is 22.7 Å². The third kappa shape index (κ3) is 2.89. The van der Waals surface area contributed by atoms with Crippen molar-refractivity contribution < 1.29 is 4.79 Å². The summed E-state index contributed by atoms with van der Waals surface area (Å²) in [5.74, 6) is -0.0964. The van der Waals surface area contributed by atoms with Crippen molar-refractivity contribution >= 4 is 22.4 Å². The third-order valence-electron chi connectivity index (χ3n) is 6.08. The molecule has 6 nitrogen and oxygen atoms in total. The summed E-state index contributed by atoms with van der Waals surface area (Å²) >= 11 is 0. The molecular weight excluding hydrogens is 386 g/mol. The van der Waals surface area contributed by atoms with Crippen LogP contribution in [0.4, 0.5) is 5.69 Å². The Balaban J connectivity index is 1.73. The van der Waals surface area contributed by atoms with Gasteiger partial charge in [0, 0.05) is 35.1 Å². The van der Waals surface area contributed by atoms with Gasteiger partial charge in [0.05, 0.1) is 29.2 Å². The van der Waals surface area contributed by atoms with E-state index in [1.807, 2.05) is 35.4 Å². The van der Waals surface area contributed by atoms with Gasteiger partial charge in [-0.15, -0.1) is 0 Å². The lowest BCUT2D eigenvalue weighted by atomic mass is 9.75. The predicted molar refractivity (Wildman–Crippen MR) is 117 cm³/mol. The van der Waals surface area contributed by atoms with E-state index in [4.69, 9.17) is 11.0 Å². The number of aromatic amines is 1. The molecule has 0 saturated heterocycles. The molecule has 0 fully saturated rings. The number of Topliss-reactive ketones (excluding diaryl/α,β-unsaturated/α-hetero) is 1. The van der Waals surface area contributed by atoms with E-state index in [-0.39, 0.29) is 5.78 Å². The van der Waals surface area contributed by atoms with Gasteiger partial charge in [-0.3, -0.25) is 9.69 Å². The highest BCUT2D eigenvalue weighted by Gasteiger charge is 2.40. The smallest absolute Gasteiger partial charge is 0.161 e. The molecule has 0 spiro atoms. The minimum atomic E-state index is -0.485. The molecule has 31 heavy (non-hydrogen) atoms. The first-order valence-electron chi connectivity index (χ1n) is 10.2. The van der Waals surface area contributed by atoms with Crippen molar-refractivity contribution in [2.75, 3.05) is 4.90 Å². The maximum Gasteiger partial charge on any atom is 0.161 e. The van der Waals surface area contributed by atoms with Crippen LogP contribution >= 0.6 is 0 Å². The van der Waals surface area contributed by atoms with Crippen molar-refractivity contribution in [3.63, 3.8) is 0 Å². The number of nitrogens with zero attached hydrogens (tertiary/aromatic N) is 3. The highest BCUT2D eigenvalue weighted by Crippen LogP contribution is 2.46. The zero-order chi connectivity index (χ0) is 21.5. The van der Waals surface area contributed by atoms with E-state index in [1.165, 1.54) is 0 Å². The average Bonchev–Trinajstić information content (AvgIpc) is 3.26. The molecule has 3 N–H and O–H groups in total. The van der Waals surface area contributed by atoms with E-state index >= 15 is 0 Å². The number of hydrogen-bond acceptors (Lipinski definition) is 5. The van der Waals surface area contributed by atoms with Crippen molar-refractivity contribution in [3.8, 4) is 12.1 Å². The van der Waals surface area contributed by atoms with Gasteiger partial charge in [0.15, 0.2) is 5.78 Å². The Kier molecular flexibility index (Phi) is 4.34. The SMILES string of the molecule is N#CC1=C(N)N(c2ccc(C#N)cc2)C2=C(C(=O)CCC2)C1c1ccc2[nH]ccc2c1. The van der Waals surface area contributed by atoms with Crippen molar-refractivity contribution in [2.45, 2.75) is 25.2 Å². The van der Waals surface area contributed by atoms with Crippen LogP contribution in [0.1, 0.15) is 36.3 Å². The monoisotopic (exact) mass is 405 g/mol. The Bertz CT molecular complexity index is 1360. The van der Waals surface area contributed by atoms with Gasteiger partial charge in [-0.05, 0) is 66.3 Å². The fraction of sp³-hybridized carbons (Fsp3) is 0.160. The molecule has 0 radical (unpaired) electrons. The summed E-state index contributed by atoms with van der Waals surface area (Å²) in [5, 5.41) is 20.2. The number of aromatic nitrogens is 1. The Morgan fingerprint density at radius 3 is 2.58 bits per heavy atom. The molecule has 1 aromatic heterocycles. The average molecular weight is 405 g/mol. The summed E-state index contributed by atoms with van der Waals surface area (Å²) in [7, 11) is 0. The van der Waals surface area contributed by atoms with Gasteiger partial charge in [0.1, 0.15) is 5.82 Å². The molecule has 0 bridgehead atoms. The number of H-pyrrole nitrogens is 1. The van der Waals surface area contributed by atoms with Crippen molar-refractivity contribution in [1.29, 1.82) is 10.5 Å². The lowest BCUT2D eigenvalue weighted by Gasteiger charge is -2.39. The first-order valence-corrected chi connectivity index (χ1v) is 10.2. The molecule has 2 heterocycles. The first kappa shape index (κ1) is 18.7. The molecule has 1 unspecified atom stereocenters. The summed E-state index contributed by atoms with van der Waals surface area (Å²) < 4.78 is 0. The summed E-state index contributed by atoms with van der Waals surface area (Å²) in [5.41, 5.74) is 11.6. The van der Waals surface area contributed by atoms with Crippen molar-refractivity contribution in [1.82, 2.24) is 4.98 Å². The van der Waals surface area contributed by atoms with Gasteiger partial charge < -0.3 is 10.7 Å². The molecule has 150 valence electrons. The number of fused-ring (bicyclic) bond motifs is 1. The van der Waals surface area contributed by atoms with Crippen LogP contribution in [0.15, 0.2) is 77.4 Å². The van der Waals surface area contributed by atoms with Gasteiger partial charge >= 0.3 is 0 Å². The molecule has 0 amide bonds. The van der Waals surface area contributed by atoms with Crippen LogP contribution in [0.3, 0.4) is 0 Å². The van der Waals surface area contributed by atoms with E-state index in [1.54, 1.807) is 24.3 Å². The molecule has 1 atom stereocenters. The van der Waals surface area contributed by atoms with Crippen LogP contribution in [0.5, 0.6) is 0 Å². The number of hydrogen-bond donors (Lipinski definition) is 2. The minimum absolute atomic E-state index is 0.0549. The zero-order valence-electron chi connectivity index (χ0n) is 16.7. The third-order valence-corrected chi connectivity index (χ3v) is 6.08. The summed E-state index contributed by atoms with van der Waals surface area (Å²) in [6, 6.07) is 19.3. The molecular formula is C25H19N5O. The van der Waals surface area contributed by atoms with Crippen LogP contribution < -0.4 is 10.6 Å². The lowest BCUT2D eigenvalue weighted by molar-refractivity contribution is -0.116. The Morgan fingerprint density at radius 1 is 1.03 bits per heavy atom. The quantitative estimate of drug-likeness (QED) is 0.659. The number of nitrogens with one attached hydrogen (secondary N) is 1. The van der Waals surface area contributed by atoms with Gasteiger partial charge in [-0.1, -0.05) is 6.07 Å². The number of ketones is 1. The number of allylic oxidation sites excluding steroid dienone is 3. The van der Waals surface area contributed by atoms with Crippen LogP contribution in [-0.2, 0) is 4.79 Å². The fourth-order valence-corrected chi connectivity index (χ4v) is 4.65. The second kappa shape index (κ2) is 7.19. The summed E-state index contributed by atoms with van der Waals surface area (Å²) in [6.45, 7) is 0. The molecule has 0 saturated carbocycles. The second-order valence-corrected chi connectivity index (χ2v) is 7.80. The van der Waals surface area contributed by atoms with Crippen LogP contribution in [-0.4, -0.2) is 10.8 Å². The zero-order valence-corrected chi connectivity index (χ0v) is 16.7. The number of rotatable bonds is 2. The molecule has 1 aliphatic heterocycles. The topological polar surface area (TPSA) is 110 Å². The molecule has 2 aliphatic rings. The number of anilines is 1.